The molecule has 0 aliphatic carbocycles. The van der Waals surface area contributed by atoms with Gasteiger partial charge in [-0.05, 0) is 31.9 Å². The lowest BCUT2D eigenvalue weighted by molar-refractivity contribution is -0.145. The summed E-state index contributed by atoms with van der Waals surface area (Å²) in [4.78, 5) is 48.7. The summed E-state index contributed by atoms with van der Waals surface area (Å²) in [5, 5.41) is 0.543. The number of H-pyrrole nitrogens is 1. The summed E-state index contributed by atoms with van der Waals surface area (Å²) < 4.78 is 0. The first kappa shape index (κ1) is 21.0. The molecule has 7 nitrogen and oxygen atoms in total. The Bertz CT molecular complexity index is 952. The third kappa shape index (κ3) is 4.66. The van der Waals surface area contributed by atoms with Crippen LogP contribution < -0.4 is 5.56 Å². The molecule has 1 N–H and O–H groups in total. The maximum absolute atomic E-state index is 13.1. The Kier molecular flexibility index (Phi) is 6.05. The molecule has 2 aromatic rings. The molecule has 0 radical (unpaired) electrons. The van der Waals surface area contributed by atoms with Crippen molar-refractivity contribution in [2.75, 3.05) is 19.6 Å². The van der Waals surface area contributed by atoms with E-state index < -0.39 is 5.41 Å². The number of benzene rings is 1. The van der Waals surface area contributed by atoms with E-state index in [1.807, 2.05) is 38.7 Å². The first-order valence-electron chi connectivity index (χ1n) is 10.3. The highest BCUT2D eigenvalue weighted by atomic mass is 16.2. The first-order valence-corrected chi connectivity index (χ1v) is 10.3. The molecule has 2 amide bonds. The molecule has 29 heavy (non-hydrogen) atoms. The van der Waals surface area contributed by atoms with Gasteiger partial charge in [-0.2, -0.15) is 0 Å². The van der Waals surface area contributed by atoms with Gasteiger partial charge in [0.15, 0.2) is 0 Å². The van der Waals surface area contributed by atoms with Crippen LogP contribution in [0.5, 0.6) is 0 Å². The van der Waals surface area contributed by atoms with E-state index >= 15 is 0 Å². The highest BCUT2D eigenvalue weighted by Gasteiger charge is 2.33. The number of likely N-dealkylation sites (tertiary alicyclic amines) is 1. The number of hydrogen-bond acceptors (Lipinski definition) is 4. The van der Waals surface area contributed by atoms with E-state index in [0.717, 1.165) is 0 Å². The SMILES string of the molecule is CCN(Cc1nc2ccccc2c(=O)[nH]1)C(=O)C1CCN(C(=O)C(C)(C)C)CC1. The van der Waals surface area contributed by atoms with Gasteiger partial charge in [0.1, 0.15) is 5.82 Å². The summed E-state index contributed by atoms with van der Waals surface area (Å²) in [6, 6.07) is 7.18. The van der Waals surface area contributed by atoms with Crippen molar-refractivity contribution in [1.29, 1.82) is 0 Å². The normalized spacial score (nSPS) is 15.5. The molecular weight excluding hydrogens is 368 g/mol. The number of rotatable bonds is 4. The average Bonchev–Trinajstić information content (AvgIpc) is 2.70. The molecule has 0 spiro atoms. The van der Waals surface area contributed by atoms with E-state index in [-0.39, 0.29) is 29.8 Å². The Labute approximate surface area is 171 Å². The second-order valence-electron chi connectivity index (χ2n) is 8.70. The number of piperidine rings is 1. The predicted octanol–water partition coefficient (Wildman–Crippen LogP) is 2.56. The highest BCUT2D eigenvalue weighted by Crippen LogP contribution is 2.25. The molecule has 0 saturated carbocycles. The van der Waals surface area contributed by atoms with Crippen LogP contribution in [0.3, 0.4) is 0 Å². The van der Waals surface area contributed by atoms with Crippen LogP contribution in [-0.4, -0.2) is 51.2 Å². The molecule has 1 aliphatic rings. The molecule has 0 atom stereocenters. The van der Waals surface area contributed by atoms with Crippen LogP contribution in [0.2, 0.25) is 0 Å². The molecule has 0 unspecified atom stereocenters. The lowest BCUT2D eigenvalue weighted by Crippen LogP contribution is -2.47. The van der Waals surface area contributed by atoms with Gasteiger partial charge >= 0.3 is 0 Å². The van der Waals surface area contributed by atoms with Crippen molar-refractivity contribution in [2.45, 2.75) is 47.1 Å². The number of fused-ring (bicyclic) bond motifs is 1. The molecule has 1 aromatic heterocycles. The van der Waals surface area contributed by atoms with Crippen LogP contribution in [0.25, 0.3) is 10.9 Å². The summed E-state index contributed by atoms with van der Waals surface area (Å²) in [5.41, 5.74) is 0.0341. The number of nitrogens with zero attached hydrogens (tertiary/aromatic N) is 3. The van der Waals surface area contributed by atoms with Gasteiger partial charge in [-0.25, -0.2) is 4.98 Å². The van der Waals surface area contributed by atoms with Gasteiger partial charge in [0, 0.05) is 31.0 Å². The lowest BCUT2D eigenvalue weighted by atomic mass is 9.90. The fourth-order valence-corrected chi connectivity index (χ4v) is 3.80. The number of para-hydroxylation sites is 1. The van der Waals surface area contributed by atoms with Crippen LogP contribution in [0.4, 0.5) is 0 Å². The van der Waals surface area contributed by atoms with E-state index in [9.17, 15) is 14.4 Å². The molecule has 2 heterocycles. The third-order valence-corrected chi connectivity index (χ3v) is 5.47. The molecule has 0 bridgehead atoms. The number of hydrogen-bond donors (Lipinski definition) is 1. The van der Waals surface area contributed by atoms with Gasteiger partial charge in [0.2, 0.25) is 11.8 Å². The predicted molar refractivity (Wildman–Crippen MR) is 112 cm³/mol. The fraction of sp³-hybridized carbons (Fsp3) is 0.545. The molecule has 1 aromatic carbocycles. The van der Waals surface area contributed by atoms with Gasteiger partial charge in [-0.3, -0.25) is 14.4 Å². The average molecular weight is 399 g/mol. The summed E-state index contributed by atoms with van der Waals surface area (Å²) in [7, 11) is 0. The van der Waals surface area contributed by atoms with E-state index in [1.54, 1.807) is 23.1 Å². The van der Waals surface area contributed by atoms with Gasteiger partial charge < -0.3 is 14.8 Å². The molecule has 3 rings (SSSR count). The quantitative estimate of drug-likeness (QED) is 0.858. The molecular formula is C22H30N4O3. The number of carbonyl (C=O) groups is 2. The Morgan fingerprint density at radius 1 is 1.21 bits per heavy atom. The van der Waals surface area contributed by atoms with Crippen LogP contribution in [0.15, 0.2) is 29.1 Å². The zero-order valence-corrected chi connectivity index (χ0v) is 17.7. The smallest absolute Gasteiger partial charge is 0.258 e. The molecule has 1 fully saturated rings. The van der Waals surface area contributed by atoms with Crippen molar-refractivity contribution < 1.29 is 9.59 Å². The van der Waals surface area contributed by atoms with Crippen LogP contribution >= 0.6 is 0 Å². The minimum Gasteiger partial charge on any atom is -0.342 e. The minimum atomic E-state index is -0.403. The molecule has 7 heteroatoms. The van der Waals surface area contributed by atoms with Crippen LogP contribution in [0.1, 0.15) is 46.4 Å². The Balaban J connectivity index is 1.67. The molecule has 1 saturated heterocycles. The van der Waals surface area contributed by atoms with Gasteiger partial charge in [0.25, 0.3) is 5.56 Å². The van der Waals surface area contributed by atoms with Crippen LogP contribution in [-0.2, 0) is 16.1 Å². The zero-order valence-electron chi connectivity index (χ0n) is 17.7. The van der Waals surface area contributed by atoms with Crippen molar-refractivity contribution in [3.8, 4) is 0 Å². The first-order chi connectivity index (χ1) is 13.7. The van der Waals surface area contributed by atoms with Crippen molar-refractivity contribution >= 4 is 22.7 Å². The lowest BCUT2D eigenvalue weighted by Gasteiger charge is -2.36. The maximum atomic E-state index is 13.1. The highest BCUT2D eigenvalue weighted by molar-refractivity contribution is 5.83. The summed E-state index contributed by atoms with van der Waals surface area (Å²) in [6.07, 6.45) is 1.33. The number of amides is 2. The number of carbonyl (C=O) groups excluding carboxylic acids is 2. The van der Waals surface area contributed by atoms with E-state index in [4.69, 9.17) is 0 Å². The number of nitrogens with one attached hydrogen (secondary N) is 1. The number of aromatic amines is 1. The van der Waals surface area contributed by atoms with Crippen molar-refractivity contribution in [3.63, 3.8) is 0 Å². The van der Waals surface area contributed by atoms with Gasteiger partial charge in [-0.15, -0.1) is 0 Å². The Hall–Kier alpha value is -2.70. The standard InChI is InChI=1S/C22H30N4O3/c1-5-25(14-18-23-17-9-7-6-8-16(17)19(27)24-18)20(28)15-10-12-26(13-11-15)21(29)22(2,3)4/h6-9,15H,5,10-14H2,1-4H3,(H,23,24,27). The van der Waals surface area contributed by atoms with E-state index in [0.29, 0.717) is 49.2 Å². The zero-order chi connectivity index (χ0) is 21.2. The van der Waals surface area contributed by atoms with Crippen molar-refractivity contribution in [2.24, 2.45) is 11.3 Å². The summed E-state index contributed by atoms with van der Waals surface area (Å²) >= 11 is 0. The van der Waals surface area contributed by atoms with E-state index in [2.05, 4.69) is 9.97 Å². The second-order valence-corrected chi connectivity index (χ2v) is 8.70. The van der Waals surface area contributed by atoms with Crippen molar-refractivity contribution in [3.05, 3.63) is 40.4 Å². The van der Waals surface area contributed by atoms with Gasteiger partial charge in [0.05, 0.1) is 17.4 Å². The fourth-order valence-electron chi connectivity index (χ4n) is 3.80. The third-order valence-electron chi connectivity index (χ3n) is 5.47. The summed E-state index contributed by atoms with van der Waals surface area (Å²) in [6.45, 7) is 9.71. The maximum Gasteiger partial charge on any atom is 0.258 e. The minimum absolute atomic E-state index is 0.0613. The largest absolute Gasteiger partial charge is 0.342 e. The van der Waals surface area contributed by atoms with Crippen LogP contribution in [0, 0.1) is 11.3 Å². The Morgan fingerprint density at radius 3 is 2.48 bits per heavy atom. The topological polar surface area (TPSA) is 86.4 Å². The number of aromatic nitrogens is 2. The van der Waals surface area contributed by atoms with Crippen molar-refractivity contribution in [1.82, 2.24) is 19.8 Å². The molecule has 1 aliphatic heterocycles. The Morgan fingerprint density at radius 2 is 1.86 bits per heavy atom. The second kappa shape index (κ2) is 8.35. The monoisotopic (exact) mass is 398 g/mol. The molecule has 156 valence electrons. The van der Waals surface area contributed by atoms with Gasteiger partial charge in [-0.1, -0.05) is 32.9 Å². The summed E-state index contributed by atoms with van der Waals surface area (Å²) in [5.74, 6) is 0.579. The van der Waals surface area contributed by atoms with E-state index in [1.165, 1.54) is 0 Å².